The number of halogens is 2. The molecule has 0 aliphatic carbocycles. The molecule has 0 unspecified atom stereocenters. The zero-order valence-corrected chi connectivity index (χ0v) is 15.3. The fourth-order valence-electron chi connectivity index (χ4n) is 2.06. The summed E-state index contributed by atoms with van der Waals surface area (Å²) >= 11 is 8.01. The fraction of sp³-hybridized carbons (Fsp3) is 0.176. The third kappa shape index (κ3) is 4.94. The van der Waals surface area contributed by atoms with Crippen LogP contribution in [0.25, 0.3) is 0 Å². The van der Waals surface area contributed by atoms with Crippen LogP contribution in [-0.2, 0) is 16.0 Å². The van der Waals surface area contributed by atoms with Crippen LogP contribution in [0.2, 0.25) is 5.02 Å². The van der Waals surface area contributed by atoms with E-state index in [1.54, 1.807) is 24.3 Å². The molecule has 0 radical (unpaired) electrons. The molecule has 2 aromatic rings. The van der Waals surface area contributed by atoms with Crippen LogP contribution in [0.1, 0.15) is 15.9 Å². The van der Waals surface area contributed by atoms with Gasteiger partial charge in [0.15, 0.2) is 0 Å². The molecule has 0 aromatic heterocycles. The first-order valence-corrected chi connectivity index (χ1v) is 8.34. The summed E-state index contributed by atoms with van der Waals surface area (Å²) in [4.78, 5) is 24.3. The van der Waals surface area contributed by atoms with Crippen molar-refractivity contribution in [1.82, 2.24) is 5.32 Å². The van der Waals surface area contributed by atoms with Crippen LogP contribution in [-0.4, -0.2) is 25.0 Å². The second-order valence-electron chi connectivity index (χ2n) is 4.85. The van der Waals surface area contributed by atoms with Crippen LogP contribution in [0.3, 0.4) is 0 Å². The lowest BCUT2D eigenvalue weighted by Crippen LogP contribution is -2.43. The van der Waals surface area contributed by atoms with Crippen LogP contribution in [0, 0.1) is 3.57 Å². The monoisotopic (exact) mass is 443 g/mol. The summed E-state index contributed by atoms with van der Waals surface area (Å²) in [6.45, 7) is 0. The zero-order chi connectivity index (χ0) is 16.8. The minimum Gasteiger partial charge on any atom is -0.467 e. The summed E-state index contributed by atoms with van der Waals surface area (Å²) in [6.07, 6.45) is 0.366. The van der Waals surface area contributed by atoms with E-state index in [1.807, 2.05) is 24.3 Å². The maximum atomic E-state index is 12.3. The molecule has 1 amide bonds. The van der Waals surface area contributed by atoms with Crippen molar-refractivity contribution in [2.24, 2.45) is 0 Å². The Labute approximate surface area is 153 Å². The number of nitrogens with one attached hydrogen (secondary N) is 1. The minimum atomic E-state index is -0.751. The number of rotatable bonds is 5. The van der Waals surface area contributed by atoms with Crippen molar-refractivity contribution >= 4 is 46.1 Å². The maximum absolute atomic E-state index is 12.3. The van der Waals surface area contributed by atoms with E-state index in [-0.39, 0.29) is 5.91 Å². The molecular formula is C17H15ClINO3. The normalized spacial score (nSPS) is 11.6. The lowest BCUT2D eigenvalue weighted by molar-refractivity contribution is -0.142. The Morgan fingerprint density at radius 2 is 1.83 bits per heavy atom. The van der Waals surface area contributed by atoms with Crippen molar-refractivity contribution in [2.75, 3.05) is 7.11 Å². The van der Waals surface area contributed by atoms with Gasteiger partial charge in [0.05, 0.1) is 7.11 Å². The molecule has 6 heteroatoms. The van der Waals surface area contributed by atoms with Crippen LogP contribution in [0.5, 0.6) is 0 Å². The van der Waals surface area contributed by atoms with Gasteiger partial charge in [-0.1, -0.05) is 29.8 Å². The van der Waals surface area contributed by atoms with E-state index in [4.69, 9.17) is 16.3 Å². The zero-order valence-electron chi connectivity index (χ0n) is 12.4. The van der Waals surface area contributed by atoms with E-state index in [0.717, 1.165) is 9.13 Å². The third-order valence-corrected chi connectivity index (χ3v) is 4.58. The van der Waals surface area contributed by atoms with E-state index >= 15 is 0 Å². The highest BCUT2D eigenvalue weighted by molar-refractivity contribution is 14.1. The number of hydrogen-bond donors (Lipinski definition) is 1. The number of methoxy groups -OCH3 is 1. The second-order valence-corrected chi connectivity index (χ2v) is 6.45. The lowest BCUT2D eigenvalue weighted by Gasteiger charge is -2.17. The molecule has 0 spiro atoms. The first-order chi connectivity index (χ1) is 11.0. The Balaban J connectivity index is 2.16. The second kappa shape index (κ2) is 8.31. The Morgan fingerprint density at radius 3 is 2.43 bits per heavy atom. The minimum absolute atomic E-state index is 0.344. The first-order valence-electron chi connectivity index (χ1n) is 6.89. The average Bonchev–Trinajstić information content (AvgIpc) is 2.56. The topological polar surface area (TPSA) is 55.4 Å². The molecule has 1 N–H and O–H groups in total. The number of benzene rings is 2. The molecule has 0 aliphatic rings. The van der Waals surface area contributed by atoms with Crippen LogP contribution in [0.4, 0.5) is 0 Å². The summed E-state index contributed by atoms with van der Waals surface area (Å²) in [5, 5.41) is 3.27. The van der Waals surface area contributed by atoms with Crippen molar-refractivity contribution in [1.29, 1.82) is 0 Å². The average molecular weight is 444 g/mol. The van der Waals surface area contributed by atoms with Crippen molar-refractivity contribution in [2.45, 2.75) is 12.5 Å². The Hall–Kier alpha value is -1.60. The highest BCUT2D eigenvalue weighted by Gasteiger charge is 2.23. The molecule has 2 rings (SSSR count). The van der Waals surface area contributed by atoms with E-state index < -0.39 is 12.0 Å². The summed E-state index contributed by atoms with van der Waals surface area (Å²) in [5.74, 6) is -0.824. The summed E-state index contributed by atoms with van der Waals surface area (Å²) in [6, 6.07) is 13.4. The number of carbonyl (C=O) groups is 2. The smallest absolute Gasteiger partial charge is 0.328 e. The molecule has 2 aromatic carbocycles. The van der Waals surface area contributed by atoms with Gasteiger partial charge in [0.2, 0.25) is 0 Å². The summed E-state index contributed by atoms with van der Waals surface area (Å²) < 4.78 is 5.83. The van der Waals surface area contributed by atoms with Gasteiger partial charge in [-0.2, -0.15) is 0 Å². The molecule has 23 heavy (non-hydrogen) atoms. The highest BCUT2D eigenvalue weighted by Crippen LogP contribution is 2.15. The SMILES string of the molecule is COC(=O)[C@H](Cc1ccccc1I)NC(=O)c1ccc(Cl)cc1. The quantitative estimate of drug-likeness (QED) is 0.569. The Bertz CT molecular complexity index is 703. The van der Waals surface area contributed by atoms with Gasteiger partial charge in [0.1, 0.15) is 6.04 Å². The molecule has 1 atom stereocenters. The van der Waals surface area contributed by atoms with Gasteiger partial charge >= 0.3 is 5.97 Å². The molecule has 0 saturated carbocycles. The van der Waals surface area contributed by atoms with E-state index in [9.17, 15) is 9.59 Å². The van der Waals surface area contributed by atoms with E-state index in [0.29, 0.717) is 17.0 Å². The van der Waals surface area contributed by atoms with Crippen molar-refractivity contribution in [3.05, 3.63) is 68.3 Å². The van der Waals surface area contributed by atoms with Gasteiger partial charge in [-0.05, 0) is 58.5 Å². The Morgan fingerprint density at radius 1 is 1.17 bits per heavy atom. The molecule has 0 heterocycles. The molecule has 0 aliphatic heterocycles. The van der Waals surface area contributed by atoms with Gasteiger partial charge in [-0.15, -0.1) is 0 Å². The van der Waals surface area contributed by atoms with E-state index in [1.165, 1.54) is 7.11 Å². The molecule has 0 fully saturated rings. The summed E-state index contributed by atoms with van der Waals surface area (Å²) in [5.41, 5.74) is 1.41. The number of amides is 1. The molecule has 0 bridgehead atoms. The van der Waals surface area contributed by atoms with Crippen molar-refractivity contribution < 1.29 is 14.3 Å². The molecule has 4 nitrogen and oxygen atoms in total. The van der Waals surface area contributed by atoms with Crippen LogP contribution < -0.4 is 5.32 Å². The van der Waals surface area contributed by atoms with E-state index in [2.05, 4.69) is 27.9 Å². The van der Waals surface area contributed by atoms with Crippen LogP contribution in [0.15, 0.2) is 48.5 Å². The van der Waals surface area contributed by atoms with Crippen LogP contribution >= 0.6 is 34.2 Å². The van der Waals surface area contributed by atoms with Gasteiger partial charge in [0.25, 0.3) is 5.91 Å². The maximum Gasteiger partial charge on any atom is 0.328 e. The number of hydrogen-bond acceptors (Lipinski definition) is 3. The number of ether oxygens (including phenoxy) is 1. The predicted molar refractivity (Wildman–Crippen MR) is 97.6 cm³/mol. The number of esters is 1. The van der Waals surface area contributed by atoms with Crippen molar-refractivity contribution in [3.63, 3.8) is 0 Å². The summed E-state index contributed by atoms with van der Waals surface area (Å²) in [7, 11) is 1.31. The largest absolute Gasteiger partial charge is 0.467 e. The number of carbonyl (C=O) groups excluding carboxylic acids is 2. The van der Waals surface area contributed by atoms with Gasteiger partial charge in [-0.25, -0.2) is 4.79 Å². The fourth-order valence-corrected chi connectivity index (χ4v) is 2.80. The van der Waals surface area contributed by atoms with Gasteiger partial charge < -0.3 is 10.1 Å². The van der Waals surface area contributed by atoms with Gasteiger partial charge in [0, 0.05) is 20.6 Å². The molecule has 120 valence electrons. The molecular weight excluding hydrogens is 429 g/mol. The molecule has 0 saturated heterocycles. The predicted octanol–water partition coefficient (Wildman–Crippen LogP) is 3.46. The first kappa shape index (κ1) is 17.7. The standard InChI is InChI=1S/C17H15ClINO3/c1-23-17(22)15(10-12-4-2-3-5-14(12)19)20-16(21)11-6-8-13(18)9-7-11/h2-9,15H,10H2,1H3,(H,20,21)/t15-/m0/s1. The third-order valence-electron chi connectivity index (χ3n) is 3.28. The highest BCUT2D eigenvalue weighted by atomic mass is 127. The van der Waals surface area contributed by atoms with Crippen molar-refractivity contribution in [3.8, 4) is 0 Å². The van der Waals surface area contributed by atoms with Gasteiger partial charge in [-0.3, -0.25) is 4.79 Å². The lowest BCUT2D eigenvalue weighted by atomic mass is 10.1. The Kier molecular flexibility index (Phi) is 6.41.